The van der Waals surface area contributed by atoms with Crippen molar-refractivity contribution in [2.75, 3.05) is 5.32 Å². The third-order valence-electron chi connectivity index (χ3n) is 4.94. The molecule has 1 heterocycles. The number of aromatic nitrogens is 2. The molecule has 0 aliphatic heterocycles. The van der Waals surface area contributed by atoms with E-state index in [1.165, 1.54) is 12.1 Å². The van der Waals surface area contributed by atoms with Gasteiger partial charge in [0, 0.05) is 42.6 Å². The van der Waals surface area contributed by atoms with Crippen molar-refractivity contribution in [2.24, 2.45) is 7.05 Å². The number of alkyl halides is 3. The summed E-state index contributed by atoms with van der Waals surface area (Å²) >= 11 is 0. The van der Waals surface area contributed by atoms with Gasteiger partial charge in [-0.2, -0.15) is 13.2 Å². The van der Waals surface area contributed by atoms with E-state index >= 15 is 0 Å². The number of hydrogen-bond acceptors (Lipinski definition) is 3. The van der Waals surface area contributed by atoms with Crippen molar-refractivity contribution in [3.63, 3.8) is 0 Å². The Balaban J connectivity index is 1.56. The minimum atomic E-state index is -4.35. The number of aryl methyl sites for hydroxylation is 1. The van der Waals surface area contributed by atoms with Crippen LogP contribution in [-0.4, -0.2) is 21.5 Å². The van der Waals surface area contributed by atoms with E-state index in [0.717, 1.165) is 36.2 Å². The lowest BCUT2D eigenvalue weighted by Gasteiger charge is -2.14. The third kappa shape index (κ3) is 4.64. The van der Waals surface area contributed by atoms with Gasteiger partial charge in [0.1, 0.15) is 0 Å². The predicted octanol–water partition coefficient (Wildman–Crippen LogP) is 4.61. The maximum absolute atomic E-state index is 12.7. The molecular formula is C22H21F3N4O. The minimum absolute atomic E-state index is 0.121. The maximum atomic E-state index is 12.7. The third-order valence-corrected chi connectivity index (χ3v) is 4.94. The normalized spacial score (nSPS) is 13.9. The van der Waals surface area contributed by atoms with Gasteiger partial charge in [-0.3, -0.25) is 4.79 Å². The first-order chi connectivity index (χ1) is 14.3. The lowest BCUT2D eigenvalue weighted by atomic mass is 10.0. The van der Waals surface area contributed by atoms with Crippen molar-refractivity contribution < 1.29 is 18.0 Å². The minimum Gasteiger partial charge on any atom is -0.380 e. The van der Waals surface area contributed by atoms with Crippen molar-refractivity contribution >= 4 is 11.6 Å². The average molecular weight is 414 g/mol. The summed E-state index contributed by atoms with van der Waals surface area (Å²) in [4.78, 5) is 16.8. The Hall–Kier alpha value is -3.29. The van der Waals surface area contributed by atoms with Crippen molar-refractivity contribution in [3.8, 4) is 11.3 Å². The molecule has 156 valence electrons. The van der Waals surface area contributed by atoms with E-state index in [1.807, 2.05) is 17.8 Å². The Morgan fingerprint density at radius 3 is 2.50 bits per heavy atom. The lowest BCUT2D eigenvalue weighted by molar-refractivity contribution is -0.137. The number of anilines is 1. The molecule has 2 N–H and O–H groups in total. The van der Waals surface area contributed by atoms with Crippen LogP contribution in [0.25, 0.3) is 11.3 Å². The van der Waals surface area contributed by atoms with Crippen LogP contribution in [0.4, 0.5) is 18.9 Å². The zero-order chi connectivity index (χ0) is 21.3. The number of carbonyl (C=O) groups is 1. The number of nitrogens with zero attached hydrogens (tertiary/aromatic N) is 2. The van der Waals surface area contributed by atoms with Crippen LogP contribution in [0.2, 0.25) is 0 Å². The number of hydrogen-bond donors (Lipinski definition) is 2. The Morgan fingerprint density at radius 2 is 1.90 bits per heavy atom. The first kappa shape index (κ1) is 20.0. The monoisotopic (exact) mass is 414 g/mol. The number of nitrogens with one attached hydrogen (secondary N) is 2. The molecule has 0 spiro atoms. The second kappa shape index (κ2) is 7.85. The molecule has 1 aromatic heterocycles. The first-order valence-electron chi connectivity index (χ1n) is 9.63. The number of amides is 1. The Bertz CT molecular complexity index is 1050. The van der Waals surface area contributed by atoms with Gasteiger partial charge < -0.3 is 15.2 Å². The molecule has 1 saturated carbocycles. The van der Waals surface area contributed by atoms with Gasteiger partial charge in [-0.1, -0.05) is 12.1 Å². The molecule has 1 fully saturated rings. The van der Waals surface area contributed by atoms with E-state index in [9.17, 15) is 18.0 Å². The number of halogens is 3. The second-order valence-corrected chi connectivity index (χ2v) is 7.48. The van der Waals surface area contributed by atoms with Crippen LogP contribution in [0, 0.1) is 0 Å². The van der Waals surface area contributed by atoms with E-state index in [-0.39, 0.29) is 11.9 Å². The zero-order valence-corrected chi connectivity index (χ0v) is 16.3. The van der Waals surface area contributed by atoms with Gasteiger partial charge in [0.2, 0.25) is 0 Å². The van der Waals surface area contributed by atoms with Gasteiger partial charge in [-0.05, 0) is 48.7 Å². The topological polar surface area (TPSA) is 59.0 Å². The molecular weight excluding hydrogens is 393 g/mol. The first-order valence-corrected chi connectivity index (χ1v) is 9.63. The fourth-order valence-electron chi connectivity index (χ4n) is 3.11. The summed E-state index contributed by atoms with van der Waals surface area (Å²) in [5, 5.41) is 6.22. The van der Waals surface area contributed by atoms with E-state index < -0.39 is 11.7 Å². The van der Waals surface area contributed by atoms with Crippen molar-refractivity contribution in [1.29, 1.82) is 0 Å². The molecule has 30 heavy (non-hydrogen) atoms. The average Bonchev–Trinajstić information content (AvgIpc) is 3.43. The quantitative estimate of drug-likeness (QED) is 0.619. The maximum Gasteiger partial charge on any atom is 0.416 e. The smallest absolute Gasteiger partial charge is 0.380 e. The molecule has 0 atom stereocenters. The summed E-state index contributed by atoms with van der Waals surface area (Å²) in [5.41, 5.74) is 2.79. The zero-order valence-electron chi connectivity index (χ0n) is 16.3. The molecule has 4 rings (SSSR count). The van der Waals surface area contributed by atoms with Crippen LogP contribution in [0.15, 0.2) is 55.0 Å². The van der Waals surface area contributed by atoms with Crippen LogP contribution in [-0.2, 0) is 19.8 Å². The van der Waals surface area contributed by atoms with Gasteiger partial charge in [0.15, 0.2) is 0 Å². The standard InChI is InChI=1S/C22H21F3N4O/c1-29-12-20(27-13-29)18-10-15(21(30)28-17-7-8-17)4-9-19(18)26-11-14-2-5-16(6-3-14)22(23,24)25/h2-6,9-10,12-13,17,26H,7-8,11H2,1H3,(H,28,30). The predicted molar refractivity (Wildman–Crippen MR) is 108 cm³/mol. The van der Waals surface area contributed by atoms with Crippen LogP contribution >= 0.6 is 0 Å². The fourth-order valence-corrected chi connectivity index (χ4v) is 3.11. The van der Waals surface area contributed by atoms with Gasteiger partial charge in [0.25, 0.3) is 5.91 Å². The molecule has 0 radical (unpaired) electrons. The van der Waals surface area contributed by atoms with E-state index in [2.05, 4.69) is 15.6 Å². The Morgan fingerprint density at radius 1 is 1.17 bits per heavy atom. The van der Waals surface area contributed by atoms with E-state index in [1.54, 1.807) is 24.5 Å². The van der Waals surface area contributed by atoms with Crippen LogP contribution < -0.4 is 10.6 Å². The highest BCUT2D eigenvalue weighted by Crippen LogP contribution is 2.31. The van der Waals surface area contributed by atoms with Crippen molar-refractivity contribution in [2.45, 2.75) is 31.6 Å². The van der Waals surface area contributed by atoms with Crippen molar-refractivity contribution in [3.05, 3.63) is 71.7 Å². The molecule has 1 aliphatic carbocycles. The number of rotatable bonds is 6. The van der Waals surface area contributed by atoms with E-state index in [4.69, 9.17) is 0 Å². The summed E-state index contributed by atoms with van der Waals surface area (Å²) < 4.78 is 40.0. The summed E-state index contributed by atoms with van der Waals surface area (Å²) in [6.07, 6.45) is 1.18. The van der Waals surface area contributed by atoms with Gasteiger partial charge in [0.05, 0.1) is 17.6 Å². The number of carbonyl (C=O) groups excluding carboxylic acids is 1. The highest BCUT2D eigenvalue weighted by molar-refractivity contribution is 5.97. The van der Waals surface area contributed by atoms with Gasteiger partial charge in [-0.15, -0.1) is 0 Å². The van der Waals surface area contributed by atoms with E-state index in [0.29, 0.717) is 23.4 Å². The van der Waals surface area contributed by atoms with Crippen molar-refractivity contribution in [1.82, 2.24) is 14.9 Å². The molecule has 3 aromatic rings. The summed E-state index contributed by atoms with van der Waals surface area (Å²) in [6.45, 7) is 0.339. The molecule has 5 nitrogen and oxygen atoms in total. The Labute approximate surface area is 171 Å². The molecule has 2 aromatic carbocycles. The molecule has 0 bridgehead atoms. The largest absolute Gasteiger partial charge is 0.416 e. The molecule has 0 saturated heterocycles. The van der Waals surface area contributed by atoms with Crippen LogP contribution in [0.5, 0.6) is 0 Å². The van der Waals surface area contributed by atoms with Crippen LogP contribution in [0.3, 0.4) is 0 Å². The van der Waals surface area contributed by atoms with Gasteiger partial charge >= 0.3 is 6.18 Å². The molecule has 1 amide bonds. The highest BCUT2D eigenvalue weighted by Gasteiger charge is 2.30. The fraction of sp³-hybridized carbons (Fsp3) is 0.273. The number of imidazole rings is 1. The summed E-state index contributed by atoms with van der Waals surface area (Å²) in [7, 11) is 1.86. The van der Waals surface area contributed by atoms with Gasteiger partial charge in [-0.25, -0.2) is 4.98 Å². The highest BCUT2D eigenvalue weighted by atomic mass is 19.4. The SMILES string of the molecule is Cn1cnc(-c2cc(C(=O)NC3CC3)ccc2NCc2ccc(C(F)(F)F)cc2)c1. The second-order valence-electron chi connectivity index (χ2n) is 7.48. The molecule has 8 heteroatoms. The lowest BCUT2D eigenvalue weighted by Crippen LogP contribution is -2.25. The Kier molecular flexibility index (Phi) is 5.24. The number of benzene rings is 2. The summed E-state index contributed by atoms with van der Waals surface area (Å²) in [6, 6.07) is 10.6. The molecule has 1 aliphatic rings. The molecule has 0 unspecified atom stereocenters. The van der Waals surface area contributed by atoms with Crippen LogP contribution in [0.1, 0.15) is 34.3 Å². The summed E-state index contributed by atoms with van der Waals surface area (Å²) in [5.74, 6) is -0.121.